The molecule has 0 fully saturated rings. The lowest BCUT2D eigenvalue weighted by Gasteiger charge is -2.09. The zero-order valence-electron chi connectivity index (χ0n) is 13.4. The maximum absolute atomic E-state index is 12.9. The van der Waals surface area contributed by atoms with Crippen LogP contribution in [-0.2, 0) is 22.1 Å². The smallest absolute Gasteiger partial charge is 0.416 e. The van der Waals surface area contributed by atoms with Gasteiger partial charge in [-0.15, -0.1) is 0 Å². The lowest BCUT2D eigenvalue weighted by molar-refractivity contribution is -0.140. The van der Waals surface area contributed by atoms with Gasteiger partial charge in [0.05, 0.1) is 35.8 Å². The van der Waals surface area contributed by atoms with Crippen LogP contribution < -0.4 is 5.56 Å². The molecule has 0 aliphatic rings. The van der Waals surface area contributed by atoms with Crippen LogP contribution in [0.25, 0.3) is 16.7 Å². The van der Waals surface area contributed by atoms with Crippen LogP contribution in [0.15, 0.2) is 23.0 Å². The van der Waals surface area contributed by atoms with Crippen molar-refractivity contribution in [2.75, 3.05) is 7.11 Å². The lowest BCUT2D eigenvalue weighted by Crippen LogP contribution is -2.12. The van der Waals surface area contributed by atoms with E-state index >= 15 is 0 Å². The van der Waals surface area contributed by atoms with Gasteiger partial charge in [-0.3, -0.25) is 14.0 Å². The van der Waals surface area contributed by atoms with Gasteiger partial charge in [0.15, 0.2) is 0 Å². The molecule has 0 amide bonds. The molecule has 6 nitrogen and oxygen atoms in total. The van der Waals surface area contributed by atoms with Gasteiger partial charge in [0.2, 0.25) is 5.65 Å². The number of methoxy groups -OCH3 is 1. The van der Waals surface area contributed by atoms with Crippen molar-refractivity contribution in [2.24, 2.45) is 0 Å². The molecule has 2 heterocycles. The second-order valence-electron chi connectivity index (χ2n) is 5.56. The minimum Gasteiger partial charge on any atom is -0.469 e. The highest BCUT2D eigenvalue weighted by molar-refractivity contribution is 5.79. The second-order valence-corrected chi connectivity index (χ2v) is 5.56. The van der Waals surface area contributed by atoms with Gasteiger partial charge in [-0.2, -0.15) is 13.2 Å². The van der Waals surface area contributed by atoms with Gasteiger partial charge >= 0.3 is 12.1 Å². The number of aryl methyl sites for hydroxylation is 2. The van der Waals surface area contributed by atoms with Crippen LogP contribution in [0.3, 0.4) is 0 Å². The Hall–Kier alpha value is -2.84. The van der Waals surface area contributed by atoms with Gasteiger partial charge < -0.3 is 9.72 Å². The van der Waals surface area contributed by atoms with Crippen molar-refractivity contribution < 1.29 is 22.7 Å². The van der Waals surface area contributed by atoms with E-state index in [0.29, 0.717) is 16.9 Å². The molecule has 132 valence electrons. The van der Waals surface area contributed by atoms with E-state index in [-0.39, 0.29) is 24.0 Å². The van der Waals surface area contributed by atoms with Crippen LogP contribution in [0.2, 0.25) is 0 Å². The zero-order chi connectivity index (χ0) is 18.4. The monoisotopic (exact) mass is 353 g/mol. The predicted molar refractivity (Wildman–Crippen MR) is 83.4 cm³/mol. The van der Waals surface area contributed by atoms with Crippen LogP contribution in [0, 0.1) is 6.92 Å². The summed E-state index contributed by atoms with van der Waals surface area (Å²) >= 11 is 0. The number of fused-ring (bicyclic) bond motifs is 3. The Kier molecular flexibility index (Phi) is 4.02. The fraction of sp³-hybridized carbons (Fsp3) is 0.312. The molecule has 0 atom stereocenters. The van der Waals surface area contributed by atoms with Crippen molar-refractivity contribution >= 4 is 22.6 Å². The maximum atomic E-state index is 12.9. The molecule has 25 heavy (non-hydrogen) atoms. The van der Waals surface area contributed by atoms with Crippen LogP contribution in [0.1, 0.15) is 23.4 Å². The summed E-state index contributed by atoms with van der Waals surface area (Å²) in [4.78, 5) is 30.2. The second kappa shape index (κ2) is 5.91. The number of esters is 1. The van der Waals surface area contributed by atoms with Crippen molar-refractivity contribution in [3.05, 3.63) is 45.5 Å². The molecule has 1 aromatic carbocycles. The fourth-order valence-electron chi connectivity index (χ4n) is 2.74. The lowest BCUT2D eigenvalue weighted by atomic mass is 10.1. The number of imidazole rings is 1. The van der Waals surface area contributed by atoms with E-state index in [2.05, 4.69) is 14.7 Å². The van der Waals surface area contributed by atoms with Crippen molar-refractivity contribution in [3.8, 4) is 0 Å². The Morgan fingerprint density at radius 2 is 2.08 bits per heavy atom. The van der Waals surface area contributed by atoms with Gasteiger partial charge in [-0.1, -0.05) is 0 Å². The largest absolute Gasteiger partial charge is 0.469 e. The van der Waals surface area contributed by atoms with E-state index in [1.807, 2.05) is 0 Å². The summed E-state index contributed by atoms with van der Waals surface area (Å²) in [7, 11) is 1.27. The van der Waals surface area contributed by atoms with E-state index in [9.17, 15) is 22.8 Å². The molecular formula is C16H14F3N3O3. The van der Waals surface area contributed by atoms with Crippen LogP contribution >= 0.6 is 0 Å². The predicted octanol–water partition coefficient (Wildman–Crippen LogP) is 2.61. The molecule has 0 saturated carbocycles. The van der Waals surface area contributed by atoms with E-state index in [4.69, 9.17) is 0 Å². The summed E-state index contributed by atoms with van der Waals surface area (Å²) in [6.45, 7) is 1.70. The summed E-state index contributed by atoms with van der Waals surface area (Å²) in [5.41, 5.74) is 0.199. The minimum absolute atomic E-state index is 0.0624. The summed E-state index contributed by atoms with van der Waals surface area (Å²) in [6.07, 6.45) is -4.15. The molecule has 0 radical (unpaired) electrons. The summed E-state index contributed by atoms with van der Waals surface area (Å²) in [6, 6.07) is 3.14. The first-order valence-corrected chi connectivity index (χ1v) is 7.40. The average molecular weight is 353 g/mol. The van der Waals surface area contributed by atoms with Crippen LogP contribution in [-0.4, -0.2) is 27.4 Å². The molecular weight excluding hydrogens is 339 g/mol. The molecule has 0 bridgehead atoms. The molecule has 0 spiro atoms. The number of H-pyrrole nitrogens is 1. The van der Waals surface area contributed by atoms with E-state index < -0.39 is 23.3 Å². The molecule has 0 saturated heterocycles. The van der Waals surface area contributed by atoms with Crippen molar-refractivity contribution in [1.82, 2.24) is 14.4 Å². The Morgan fingerprint density at radius 3 is 2.72 bits per heavy atom. The number of alkyl halides is 3. The first-order chi connectivity index (χ1) is 11.7. The molecule has 0 unspecified atom stereocenters. The number of benzene rings is 1. The summed E-state index contributed by atoms with van der Waals surface area (Å²) in [5.74, 6) is -0.412. The molecule has 0 aliphatic carbocycles. The third kappa shape index (κ3) is 2.97. The third-order valence-electron chi connectivity index (χ3n) is 4.02. The number of carbonyl (C=O) groups is 1. The number of nitrogens with one attached hydrogen (secondary N) is 1. The number of hydrogen-bond acceptors (Lipinski definition) is 4. The Balaban J connectivity index is 2.19. The molecule has 2 aromatic heterocycles. The Morgan fingerprint density at radius 1 is 1.36 bits per heavy atom. The highest BCUT2D eigenvalue weighted by atomic mass is 19.4. The molecule has 3 aromatic rings. The Labute approximate surface area is 139 Å². The van der Waals surface area contributed by atoms with E-state index in [0.717, 1.165) is 12.1 Å². The van der Waals surface area contributed by atoms with E-state index in [1.54, 1.807) is 6.92 Å². The molecule has 3 rings (SSSR count). The van der Waals surface area contributed by atoms with Gasteiger partial charge in [-0.25, -0.2) is 4.98 Å². The normalized spacial score (nSPS) is 12.0. The number of aromatic nitrogens is 3. The van der Waals surface area contributed by atoms with Crippen LogP contribution in [0.4, 0.5) is 13.2 Å². The maximum Gasteiger partial charge on any atom is 0.416 e. The average Bonchev–Trinajstić information content (AvgIpc) is 2.89. The number of hydrogen-bond donors (Lipinski definition) is 1. The topological polar surface area (TPSA) is 76.5 Å². The van der Waals surface area contributed by atoms with Crippen molar-refractivity contribution in [3.63, 3.8) is 0 Å². The van der Waals surface area contributed by atoms with Gasteiger partial charge in [0.1, 0.15) is 0 Å². The van der Waals surface area contributed by atoms with Crippen molar-refractivity contribution in [2.45, 2.75) is 25.9 Å². The van der Waals surface area contributed by atoms with Crippen molar-refractivity contribution in [1.29, 1.82) is 0 Å². The quantitative estimate of drug-likeness (QED) is 0.735. The standard InChI is InChI=1S/C16H14F3N3O3/c1-8-10(4-6-13(23)25-2)20-14-15(24)21-11-7-9(16(17,18)19)3-5-12(11)22(8)14/h3,5,7H,4,6H2,1-2H3,(H,21,24). The SMILES string of the molecule is COC(=O)CCc1nc2c(=O)[nH]c3cc(C(F)(F)F)ccc3n2c1C. The minimum atomic E-state index is -4.50. The summed E-state index contributed by atoms with van der Waals surface area (Å²) in [5, 5.41) is 0. The Bertz CT molecular complexity index is 1030. The first-order valence-electron chi connectivity index (χ1n) is 7.40. The van der Waals surface area contributed by atoms with Gasteiger partial charge in [0, 0.05) is 12.1 Å². The highest BCUT2D eigenvalue weighted by Crippen LogP contribution is 2.31. The number of rotatable bonds is 3. The number of halogens is 3. The third-order valence-corrected chi connectivity index (χ3v) is 4.02. The van der Waals surface area contributed by atoms with Crippen LogP contribution in [0.5, 0.6) is 0 Å². The zero-order valence-corrected chi connectivity index (χ0v) is 13.4. The molecule has 0 aliphatic heterocycles. The number of ether oxygens (including phenoxy) is 1. The first kappa shape index (κ1) is 17.0. The summed E-state index contributed by atoms with van der Waals surface area (Å²) < 4.78 is 44.7. The number of nitrogens with zero attached hydrogens (tertiary/aromatic N) is 2. The fourth-order valence-corrected chi connectivity index (χ4v) is 2.74. The molecule has 1 N–H and O–H groups in total. The highest BCUT2D eigenvalue weighted by Gasteiger charge is 2.31. The number of aromatic amines is 1. The van der Waals surface area contributed by atoms with E-state index in [1.165, 1.54) is 17.6 Å². The molecule has 9 heteroatoms. The number of carbonyl (C=O) groups excluding carboxylic acids is 1. The van der Waals surface area contributed by atoms with Gasteiger partial charge in [0.25, 0.3) is 5.56 Å². The van der Waals surface area contributed by atoms with Gasteiger partial charge in [-0.05, 0) is 25.1 Å².